The number of carbonyl (C=O) groups excluding carboxylic acids is 2. The molecule has 154 valence electrons. The third-order valence-corrected chi connectivity index (χ3v) is 4.94. The minimum absolute atomic E-state index is 0.0165. The number of amides is 2. The van der Waals surface area contributed by atoms with Crippen LogP contribution in [-0.4, -0.2) is 43.0 Å². The molecule has 0 radical (unpaired) electrons. The van der Waals surface area contributed by atoms with E-state index in [9.17, 15) is 9.59 Å². The molecule has 1 aliphatic heterocycles. The van der Waals surface area contributed by atoms with Gasteiger partial charge in [0.2, 0.25) is 5.91 Å². The van der Waals surface area contributed by atoms with E-state index < -0.39 is 0 Å². The van der Waals surface area contributed by atoms with E-state index in [1.165, 1.54) is 5.56 Å². The molecule has 1 heterocycles. The lowest BCUT2D eigenvalue weighted by molar-refractivity contribution is -0.131. The summed E-state index contributed by atoms with van der Waals surface area (Å²) in [5, 5.41) is 2.72. The molecule has 29 heavy (non-hydrogen) atoms. The first-order chi connectivity index (χ1) is 14.0. The summed E-state index contributed by atoms with van der Waals surface area (Å²) in [5.41, 5.74) is 3.87. The zero-order valence-electron chi connectivity index (χ0n) is 17.3. The van der Waals surface area contributed by atoms with Gasteiger partial charge in [0.05, 0.1) is 19.8 Å². The van der Waals surface area contributed by atoms with E-state index in [2.05, 4.69) is 5.32 Å². The topological polar surface area (TPSA) is 67.9 Å². The highest BCUT2D eigenvalue weighted by atomic mass is 16.5. The number of fused-ring (bicyclic) bond motifs is 1. The standard InChI is InChI=1S/C23H28N2O4/c1-4-28-20-12-18-10-11-25(15-19(18)13-21(20)29-5-2)22(26)14-24-23(27)17-8-6-16(3)7-9-17/h6-9,12-13H,4-5,10-11,14-15H2,1-3H3,(H,24,27). The Morgan fingerprint density at radius 3 is 2.24 bits per heavy atom. The van der Waals surface area contributed by atoms with E-state index >= 15 is 0 Å². The number of hydrogen-bond donors (Lipinski definition) is 1. The summed E-state index contributed by atoms with van der Waals surface area (Å²) < 4.78 is 11.4. The highest BCUT2D eigenvalue weighted by Gasteiger charge is 2.23. The van der Waals surface area contributed by atoms with Crippen LogP contribution in [0.1, 0.15) is 40.9 Å². The molecule has 0 aliphatic carbocycles. The first kappa shape index (κ1) is 20.7. The summed E-state index contributed by atoms with van der Waals surface area (Å²) in [5.74, 6) is 1.12. The number of nitrogens with one attached hydrogen (secondary N) is 1. The van der Waals surface area contributed by atoms with Crippen LogP contribution >= 0.6 is 0 Å². The Morgan fingerprint density at radius 1 is 1.00 bits per heavy atom. The zero-order chi connectivity index (χ0) is 20.8. The van der Waals surface area contributed by atoms with Gasteiger partial charge >= 0.3 is 0 Å². The van der Waals surface area contributed by atoms with E-state index in [-0.39, 0.29) is 18.4 Å². The fraction of sp³-hybridized carbons (Fsp3) is 0.391. The summed E-state index contributed by atoms with van der Waals surface area (Å²) in [6.07, 6.45) is 0.749. The van der Waals surface area contributed by atoms with Gasteiger partial charge < -0.3 is 19.7 Å². The van der Waals surface area contributed by atoms with Gasteiger partial charge in [-0.25, -0.2) is 0 Å². The van der Waals surface area contributed by atoms with Crippen LogP contribution in [0.5, 0.6) is 11.5 Å². The third kappa shape index (κ3) is 5.08. The maximum atomic E-state index is 12.6. The van der Waals surface area contributed by atoms with Crippen LogP contribution in [0.15, 0.2) is 36.4 Å². The molecule has 0 aromatic heterocycles. The maximum Gasteiger partial charge on any atom is 0.251 e. The second-order valence-electron chi connectivity index (χ2n) is 7.05. The minimum atomic E-state index is -0.240. The monoisotopic (exact) mass is 396 g/mol. The molecule has 6 nitrogen and oxygen atoms in total. The van der Waals surface area contributed by atoms with Crippen molar-refractivity contribution in [2.75, 3.05) is 26.3 Å². The zero-order valence-corrected chi connectivity index (χ0v) is 17.3. The van der Waals surface area contributed by atoms with E-state index in [4.69, 9.17) is 9.47 Å². The van der Waals surface area contributed by atoms with Crippen LogP contribution in [0.25, 0.3) is 0 Å². The van der Waals surface area contributed by atoms with Gasteiger partial charge in [-0.1, -0.05) is 17.7 Å². The molecule has 2 aromatic rings. The predicted octanol–water partition coefficient (Wildman–Crippen LogP) is 3.11. The van der Waals surface area contributed by atoms with E-state index in [0.717, 1.165) is 23.3 Å². The molecule has 2 amide bonds. The third-order valence-electron chi connectivity index (χ3n) is 4.94. The Kier molecular flexibility index (Phi) is 6.75. The Morgan fingerprint density at radius 2 is 1.62 bits per heavy atom. The largest absolute Gasteiger partial charge is 0.490 e. The lowest BCUT2D eigenvalue weighted by Crippen LogP contribution is -2.42. The number of aryl methyl sites for hydroxylation is 1. The summed E-state index contributed by atoms with van der Waals surface area (Å²) in [4.78, 5) is 26.6. The Balaban J connectivity index is 1.63. The average Bonchev–Trinajstić information content (AvgIpc) is 2.72. The number of rotatable bonds is 7. The lowest BCUT2D eigenvalue weighted by Gasteiger charge is -2.30. The molecule has 2 aromatic carbocycles. The van der Waals surface area contributed by atoms with Crippen LogP contribution < -0.4 is 14.8 Å². The highest BCUT2D eigenvalue weighted by Crippen LogP contribution is 2.33. The van der Waals surface area contributed by atoms with Gasteiger partial charge in [-0.2, -0.15) is 0 Å². The van der Waals surface area contributed by atoms with E-state index in [0.29, 0.717) is 37.6 Å². The van der Waals surface area contributed by atoms with Crippen molar-refractivity contribution >= 4 is 11.8 Å². The van der Waals surface area contributed by atoms with Crippen molar-refractivity contribution in [3.63, 3.8) is 0 Å². The predicted molar refractivity (Wildman–Crippen MR) is 111 cm³/mol. The number of ether oxygens (including phenoxy) is 2. The van der Waals surface area contributed by atoms with Crippen molar-refractivity contribution in [3.05, 3.63) is 58.7 Å². The van der Waals surface area contributed by atoms with Crippen molar-refractivity contribution in [2.24, 2.45) is 0 Å². The molecular formula is C23H28N2O4. The van der Waals surface area contributed by atoms with Crippen LogP contribution in [-0.2, 0) is 17.8 Å². The summed E-state index contributed by atoms with van der Waals surface area (Å²) in [7, 11) is 0. The number of benzene rings is 2. The highest BCUT2D eigenvalue weighted by molar-refractivity contribution is 5.96. The van der Waals surface area contributed by atoms with E-state index in [1.54, 1.807) is 17.0 Å². The van der Waals surface area contributed by atoms with Crippen molar-refractivity contribution < 1.29 is 19.1 Å². The summed E-state index contributed by atoms with van der Waals surface area (Å²) in [6, 6.07) is 11.3. The molecule has 0 unspecified atom stereocenters. The minimum Gasteiger partial charge on any atom is -0.490 e. The van der Waals surface area contributed by atoms with Crippen molar-refractivity contribution in [1.29, 1.82) is 0 Å². The molecule has 1 aliphatic rings. The van der Waals surface area contributed by atoms with Crippen molar-refractivity contribution in [1.82, 2.24) is 10.2 Å². The Labute approximate surface area is 171 Å². The smallest absolute Gasteiger partial charge is 0.251 e. The molecule has 1 N–H and O–H groups in total. The molecule has 0 fully saturated rings. The first-order valence-corrected chi connectivity index (χ1v) is 10.1. The fourth-order valence-corrected chi connectivity index (χ4v) is 3.39. The van der Waals surface area contributed by atoms with Crippen LogP contribution in [0.2, 0.25) is 0 Å². The van der Waals surface area contributed by atoms with E-state index in [1.807, 2.05) is 45.0 Å². The van der Waals surface area contributed by atoms with Gasteiger partial charge in [0, 0.05) is 18.7 Å². The Hall–Kier alpha value is -3.02. The van der Waals surface area contributed by atoms with Crippen molar-refractivity contribution in [2.45, 2.75) is 33.7 Å². The lowest BCUT2D eigenvalue weighted by atomic mass is 9.98. The normalized spacial score (nSPS) is 12.9. The second-order valence-corrected chi connectivity index (χ2v) is 7.05. The quantitative estimate of drug-likeness (QED) is 0.781. The SMILES string of the molecule is CCOc1cc2c(cc1OCC)CN(C(=O)CNC(=O)c1ccc(C)cc1)CC2. The van der Waals surface area contributed by atoms with Gasteiger partial charge in [-0.3, -0.25) is 9.59 Å². The second kappa shape index (κ2) is 9.45. The summed E-state index contributed by atoms with van der Waals surface area (Å²) in [6.45, 7) is 8.07. The number of nitrogens with zero attached hydrogens (tertiary/aromatic N) is 1. The van der Waals surface area contributed by atoms with Gasteiger partial charge in [-0.15, -0.1) is 0 Å². The first-order valence-electron chi connectivity index (χ1n) is 10.1. The van der Waals surface area contributed by atoms with Crippen LogP contribution in [0.3, 0.4) is 0 Å². The summed E-state index contributed by atoms with van der Waals surface area (Å²) >= 11 is 0. The van der Waals surface area contributed by atoms with Crippen LogP contribution in [0.4, 0.5) is 0 Å². The molecule has 6 heteroatoms. The average molecular weight is 396 g/mol. The molecule has 0 bridgehead atoms. The molecular weight excluding hydrogens is 368 g/mol. The molecule has 0 saturated heterocycles. The molecule has 0 saturated carbocycles. The molecule has 0 atom stereocenters. The van der Waals surface area contributed by atoms with Crippen molar-refractivity contribution in [3.8, 4) is 11.5 Å². The fourth-order valence-electron chi connectivity index (χ4n) is 3.39. The maximum absolute atomic E-state index is 12.6. The molecule has 0 spiro atoms. The Bertz CT molecular complexity index is 877. The number of carbonyl (C=O) groups is 2. The van der Waals surface area contributed by atoms with Gasteiger partial charge in [0.25, 0.3) is 5.91 Å². The van der Waals surface area contributed by atoms with Crippen LogP contribution in [0, 0.1) is 6.92 Å². The van der Waals surface area contributed by atoms with Gasteiger partial charge in [-0.05, 0) is 62.6 Å². The van der Waals surface area contributed by atoms with Gasteiger partial charge in [0.15, 0.2) is 11.5 Å². The molecule has 3 rings (SSSR count). The van der Waals surface area contributed by atoms with Gasteiger partial charge in [0.1, 0.15) is 0 Å². The number of hydrogen-bond acceptors (Lipinski definition) is 4.